The molecule has 1 aliphatic rings. The van der Waals surface area contributed by atoms with E-state index in [-0.39, 0.29) is 6.10 Å². The van der Waals surface area contributed by atoms with Crippen LogP contribution in [0.4, 0.5) is 0 Å². The summed E-state index contributed by atoms with van der Waals surface area (Å²) in [7, 11) is 0. The fraction of sp³-hybridized carbons (Fsp3) is 0.400. The van der Waals surface area contributed by atoms with Crippen LogP contribution in [0.5, 0.6) is 5.75 Å². The standard InChI is InChI=1S/C15H18O3/c1-11-6-8-14(18-13-4-2-3-5-13)12(10-11)7-9-15(16)17/h6-10,13H,2-5H2,1H3,(H,16,17). The molecule has 0 heterocycles. The Labute approximate surface area is 107 Å². The van der Waals surface area contributed by atoms with Gasteiger partial charge in [-0.25, -0.2) is 4.79 Å². The van der Waals surface area contributed by atoms with E-state index in [1.165, 1.54) is 12.8 Å². The van der Waals surface area contributed by atoms with E-state index in [1.807, 2.05) is 25.1 Å². The summed E-state index contributed by atoms with van der Waals surface area (Å²) in [5.41, 5.74) is 1.93. The summed E-state index contributed by atoms with van der Waals surface area (Å²) in [6.45, 7) is 1.98. The molecule has 1 aromatic carbocycles. The Morgan fingerprint density at radius 2 is 2.11 bits per heavy atom. The van der Waals surface area contributed by atoms with Gasteiger partial charge in [-0.05, 0) is 50.8 Å². The van der Waals surface area contributed by atoms with E-state index in [1.54, 1.807) is 6.08 Å². The maximum atomic E-state index is 10.6. The summed E-state index contributed by atoms with van der Waals surface area (Å²) < 4.78 is 5.95. The maximum absolute atomic E-state index is 10.6. The molecule has 0 atom stereocenters. The van der Waals surface area contributed by atoms with Crippen LogP contribution in [0, 0.1) is 6.92 Å². The van der Waals surface area contributed by atoms with Crippen LogP contribution in [0.1, 0.15) is 36.8 Å². The lowest BCUT2D eigenvalue weighted by Crippen LogP contribution is -2.11. The van der Waals surface area contributed by atoms with Crippen LogP contribution in [0.2, 0.25) is 0 Å². The molecule has 0 bridgehead atoms. The number of carboxylic acids is 1. The van der Waals surface area contributed by atoms with E-state index < -0.39 is 5.97 Å². The Morgan fingerprint density at radius 1 is 1.39 bits per heavy atom. The van der Waals surface area contributed by atoms with Gasteiger partial charge < -0.3 is 9.84 Å². The van der Waals surface area contributed by atoms with Crippen molar-refractivity contribution in [3.63, 3.8) is 0 Å². The molecule has 0 unspecified atom stereocenters. The van der Waals surface area contributed by atoms with Crippen LogP contribution in [0.3, 0.4) is 0 Å². The van der Waals surface area contributed by atoms with Crippen LogP contribution in [0.25, 0.3) is 6.08 Å². The minimum absolute atomic E-state index is 0.282. The van der Waals surface area contributed by atoms with E-state index in [0.717, 1.165) is 35.8 Å². The largest absolute Gasteiger partial charge is 0.490 e. The Kier molecular flexibility index (Phi) is 4.03. The van der Waals surface area contributed by atoms with E-state index in [2.05, 4.69) is 0 Å². The van der Waals surface area contributed by atoms with Crippen LogP contribution in [-0.4, -0.2) is 17.2 Å². The van der Waals surface area contributed by atoms with Gasteiger partial charge in [0.05, 0.1) is 6.10 Å². The van der Waals surface area contributed by atoms with E-state index in [4.69, 9.17) is 9.84 Å². The molecular formula is C15H18O3. The van der Waals surface area contributed by atoms with Crippen molar-refractivity contribution < 1.29 is 14.6 Å². The molecule has 1 aromatic rings. The molecule has 0 saturated heterocycles. The second-order valence-corrected chi connectivity index (χ2v) is 4.74. The van der Waals surface area contributed by atoms with Gasteiger partial charge in [0.2, 0.25) is 0 Å². The Hall–Kier alpha value is -1.77. The number of hydrogen-bond donors (Lipinski definition) is 1. The topological polar surface area (TPSA) is 46.5 Å². The summed E-state index contributed by atoms with van der Waals surface area (Å²) in [4.78, 5) is 10.6. The van der Waals surface area contributed by atoms with Crippen molar-refractivity contribution in [1.82, 2.24) is 0 Å². The molecule has 1 N–H and O–H groups in total. The predicted octanol–water partition coefficient (Wildman–Crippen LogP) is 3.41. The van der Waals surface area contributed by atoms with Crippen molar-refractivity contribution in [3.05, 3.63) is 35.4 Å². The van der Waals surface area contributed by atoms with Crippen molar-refractivity contribution in [1.29, 1.82) is 0 Å². The highest BCUT2D eigenvalue weighted by molar-refractivity contribution is 5.85. The number of carbonyl (C=O) groups is 1. The van der Waals surface area contributed by atoms with Crippen LogP contribution < -0.4 is 4.74 Å². The molecule has 0 aromatic heterocycles. The van der Waals surface area contributed by atoms with Gasteiger partial charge in [-0.1, -0.05) is 11.6 Å². The van der Waals surface area contributed by atoms with Gasteiger partial charge >= 0.3 is 5.97 Å². The second kappa shape index (κ2) is 5.71. The molecule has 2 rings (SSSR count). The normalized spacial score (nSPS) is 16.3. The number of benzene rings is 1. The van der Waals surface area contributed by atoms with Crippen LogP contribution in [-0.2, 0) is 4.79 Å². The first-order valence-corrected chi connectivity index (χ1v) is 6.33. The van der Waals surface area contributed by atoms with Crippen molar-refractivity contribution >= 4 is 12.0 Å². The Bertz CT molecular complexity index is 457. The number of carboxylic acid groups (broad SMARTS) is 1. The molecule has 0 radical (unpaired) electrons. The summed E-state index contributed by atoms with van der Waals surface area (Å²) in [5.74, 6) is -0.159. The highest BCUT2D eigenvalue weighted by Crippen LogP contribution is 2.28. The van der Waals surface area contributed by atoms with Crippen molar-refractivity contribution in [2.24, 2.45) is 0 Å². The summed E-state index contributed by atoms with van der Waals surface area (Å²) in [6, 6.07) is 5.86. The highest BCUT2D eigenvalue weighted by atomic mass is 16.5. The first kappa shape index (κ1) is 12.7. The molecule has 1 saturated carbocycles. The number of ether oxygens (including phenoxy) is 1. The molecule has 18 heavy (non-hydrogen) atoms. The van der Waals surface area contributed by atoms with Gasteiger partial charge in [0, 0.05) is 11.6 Å². The lowest BCUT2D eigenvalue weighted by Gasteiger charge is -2.15. The quantitative estimate of drug-likeness (QED) is 0.828. The van der Waals surface area contributed by atoms with Gasteiger partial charge in [0.15, 0.2) is 0 Å². The predicted molar refractivity (Wildman–Crippen MR) is 70.7 cm³/mol. The fourth-order valence-electron chi connectivity index (χ4n) is 2.25. The third-order valence-corrected chi connectivity index (χ3v) is 3.17. The molecule has 0 amide bonds. The SMILES string of the molecule is Cc1ccc(OC2CCCC2)c(C=CC(=O)O)c1. The first-order valence-electron chi connectivity index (χ1n) is 6.33. The van der Waals surface area contributed by atoms with Crippen LogP contribution >= 0.6 is 0 Å². The molecule has 3 heteroatoms. The van der Waals surface area contributed by atoms with Gasteiger partial charge in [0.25, 0.3) is 0 Å². The zero-order chi connectivity index (χ0) is 13.0. The average molecular weight is 246 g/mol. The zero-order valence-electron chi connectivity index (χ0n) is 10.6. The fourth-order valence-corrected chi connectivity index (χ4v) is 2.25. The van der Waals surface area contributed by atoms with E-state index >= 15 is 0 Å². The van der Waals surface area contributed by atoms with Gasteiger partial charge in [-0.15, -0.1) is 0 Å². The third kappa shape index (κ3) is 3.36. The van der Waals surface area contributed by atoms with Gasteiger partial charge in [-0.3, -0.25) is 0 Å². The summed E-state index contributed by atoms with van der Waals surface area (Å²) >= 11 is 0. The average Bonchev–Trinajstić information content (AvgIpc) is 2.82. The minimum atomic E-state index is -0.941. The van der Waals surface area contributed by atoms with Gasteiger partial charge in [-0.2, -0.15) is 0 Å². The Balaban J connectivity index is 2.19. The Morgan fingerprint density at radius 3 is 2.78 bits per heavy atom. The number of rotatable bonds is 4. The highest BCUT2D eigenvalue weighted by Gasteiger charge is 2.17. The molecule has 3 nitrogen and oxygen atoms in total. The van der Waals surface area contributed by atoms with Crippen molar-refractivity contribution in [2.45, 2.75) is 38.7 Å². The third-order valence-electron chi connectivity index (χ3n) is 3.17. The molecule has 1 aliphatic carbocycles. The maximum Gasteiger partial charge on any atom is 0.328 e. The monoisotopic (exact) mass is 246 g/mol. The van der Waals surface area contributed by atoms with Crippen molar-refractivity contribution in [2.75, 3.05) is 0 Å². The molecule has 0 spiro atoms. The van der Waals surface area contributed by atoms with Gasteiger partial charge in [0.1, 0.15) is 5.75 Å². The van der Waals surface area contributed by atoms with Crippen LogP contribution in [0.15, 0.2) is 24.3 Å². The smallest absolute Gasteiger partial charge is 0.328 e. The number of aliphatic carboxylic acids is 1. The number of hydrogen-bond acceptors (Lipinski definition) is 2. The molecule has 1 fully saturated rings. The molecule has 0 aliphatic heterocycles. The zero-order valence-corrected chi connectivity index (χ0v) is 10.6. The summed E-state index contributed by atoms with van der Waals surface area (Å²) in [6.07, 6.45) is 7.65. The molecule has 96 valence electrons. The van der Waals surface area contributed by atoms with E-state index in [9.17, 15) is 4.79 Å². The van der Waals surface area contributed by atoms with Crippen molar-refractivity contribution in [3.8, 4) is 5.75 Å². The minimum Gasteiger partial charge on any atom is -0.490 e. The van der Waals surface area contributed by atoms with E-state index in [0.29, 0.717) is 0 Å². The second-order valence-electron chi connectivity index (χ2n) is 4.74. The summed E-state index contributed by atoms with van der Waals surface area (Å²) in [5, 5.41) is 8.69. The molecular weight excluding hydrogens is 228 g/mol. The number of aryl methyl sites for hydroxylation is 1. The lowest BCUT2D eigenvalue weighted by molar-refractivity contribution is -0.131. The first-order chi connectivity index (χ1) is 8.65. The lowest BCUT2D eigenvalue weighted by atomic mass is 10.1.